The molecule has 0 aromatic heterocycles. The number of rotatable bonds is 3. The summed E-state index contributed by atoms with van der Waals surface area (Å²) in [5.41, 5.74) is 1.59. The van der Waals surface area contributed by atoms with Crippen LogP contribution in [0.1, 0.15) is 55.1 Å². The maximum Gasteiger partial charge on any atom is 0.410 e. The van der Waals surface area contributed by atoms with Gasteiger partial charge in [0.15, 0.2) is 0 Å². The molecule has 35 heavy (non-hydrogen) atoms. The molecule has 11 heteroatoms. The third-order valence-corrected chi connectivity index (χ3v) is 6.25. The molecular weight excluding hydrogens is 454 g/mol. The molecule has 3 heterocycles. The Labute approximate surface area is 203 Å². The van der Waals surface area contributed by atoms with Gasteiger partial charge in [0.05, 0.1) is 0 Å². The van der Waals surface area contributed by atoms with Crippen molar-refractivity contribution in [2.24, 2.45) is 0 Å². The van der Waals surface area contributed by atoms with Crippen LogP contribution in [0.5, 0.6) is 0 Å². The quantitative estimate of drug-likeness (QED) is 0.620. The van der Waals surface area contributed by atoms with Gasteiger partial charge in [-0.25, -0.2) is 9.59 Å². The zero-order chi connectivity index (χ0) is 25.3. The minimum atomic E-state index is -0.657. The molecule has 1 aromatic rings. The molecule has 4 rings (SSSR count). The van der Waals surface area contributed by atoms with E-state index in [-0.39, 0.29) is 43.4 Å². The Bertz CT molecular complexity index is 1060. The number of fused-ring (bicyclic) bond motifs is 1. The van der Waals surface area contributed by atoms with E-state index in [1.54, 1.807) is 21.9 Å². The molecule has 6 amide bonds. The highest BCUT2D eigenvalue weighted by molar-refractivity contribution is 6.05. The first-order valence-corrected chi connectivity index (χ1v) is 11.8. The predicted octanol–water partition coefficient (Wildman–Crippen LogP) is 1.21. The van der Waals surface area contributed by atoms with Crippen molar-refractivity contribution in [2.75, 3.05) is 26.2 Å². The van der Waals surface area contributed by atoms with E-state index in [9.17, 15) is 24.0 Å². The average molecular weight is 486 g/mol. The van der Waals surface area contributed by atoms with E-state index >= 15 is 0 Å². The van der Waals surface area contributed by atoms with Crippen molar-refractivity contribution >= 4 is 29.8 Å². The summed E-state index contributed by atoms with van der Waals surface area (Å²) in [6.45, 7) is 7.63. The maximum absolute atomic E-state index is 12.8. The van der Waals surface area contributed by atoms with E-state index in [2.05, 4.69) is 10.6 Å². The van der Waals surface area contributed by atoms with Gasteiger partial charge in [-0.3, -0.25) is 19.7 Å². The fraction of sp³-hybridized carbons (Fsp3) is 0.542. The zero-order valence-electron chi connectivity index (χ0n) is 20.3. The molecule has 0 aliphatic carbocycles. The fourth-order valence-corrected chi connectivity index (χ4v) is 4.45. The van der Waals surface area contributed by atoms with E-state index in [4.69, 9.17) is 4.74 Å². The molecule has 0 bridgehead atoms. The highest BCUT2D eigenvalue weighted by Gasteiger charge is 2.39. The van der Waals surface area contributed by atoms with Gasteiger partial charge >= 0.3 is 12.1 Å². The van der Waals surface area contributed by atoms with E-state index in [0.717, 1.165) is 11.1 Å². The average Bonchev–Trinajstić information content (AvgIpc) is 3.12. The Balaban J connectivity index is 1.29. The molecule has 3 aliphatic heterocycles. The Morgan fingerprint density at radius 2 is 1.77 bits per heavy atom. The maximum atomic E-state index is 12.8. The van der Waals surface area contributed by atoms with Gasteiger partial charge in [0.2, 0.25) is 11.8 Å². The van der Waals surface area contributed by atoms with Gasteiger partial charge in [-0.1, -0.05) is 12.1 Å². The summed E-state index contributed by atoms with van der Waals surface area (Å²) in [6, 6.07) is 4.47. The standard InChI is InChI=1S/C24H31N5O6/c1-24(2,3)35-23(34)28-10-8-27(9-11-28)22(33)25-13-15-4-5-17-16(12-15)14-29(21(17)32)18-6-7-19(30)26-20(18)31/h4-5,12,18H,6-11,13-14H2,1-3H3,(H,25,33)(H,26,30,31). The molecule has 1 aromatic carbocycles. The van der Waals surface area contributed by atoms with E-state index in [1.807, 2.05) is 26.8 Å². The van der Waals surface area contributed by atoms with Gasteiger partial charge in [-0.05, 0) is 44.4 Å². The summed E-state index contributed by atoms with van der Waals surface area (Å²) < 4.78 is 5.38. The molecule has 2 saturated heterocycles. The number of hydrogen-bond acceptors (Lipinski definition) is 6. The van der Waals surface area contributed by atoms with Gasteiger partial charge in [0.1, 0.15) is 11.6 Å². The number of ether oxygens (including phenoxy) is 1. The van der Waals surface area contributed by atoms with Crippen LogP contribution in [-0.2, 0) is 27.4 Å². The van der Waals surface area contributed by atoms with Crippen molar-refractivity contribution < 1.29 is 28.7 Å². The first kappa shape index (κ1) is 24.5. The topological polar surface area (TPSA) is 128 Å². The molecule has 1 unspecified atom stereocenters. The van der Waals surface area contributed by atoms with E-state index in [0.29, 0.717) is 38.2 Å². The fourth-order valence-electron chi connectivity index (χ4n) is 4.45. The van der Waals surface area contributed by atoms with Crippen LogP contribution in [0, 0.1) is 0 Å². The molecule has 188 valence electrons. The number of amides is 6. The number of piperidine rings is 1. The monoisotopic (exact) mass is 485 g/mol. The SMILES string of the molecule is CC(C)(C)OC(=O)N1CCN(C(=O)NCc2ccc3c(c2)CN(C2CCC(=O)NC2=O)C3=O)CC1. The van der Waals surface area contributed by atoms with Crippen molar-refractivity contribution in [3.05, 3.63) is 34.9 Å². The Morgan fingerprint density at radius 3 is 2.43 bits per heavy atom. The van der Waals surface area contributed by atoms with Crippen LogP contribution in [0.15, 0.2) is 18.2 Å². The number of nitrogens with one attached hydrogen (secondary N) is 2. The van der Waals surface area contributed by atoms with Gasteiger partial charge < -0.3 is 24.8 Å². The van der Waals surface area contributed by atoms with Crippen LogP contribution < -0.4 is 10.6 Å². The Hall–Kier alpha value is -3.63. The number of hydrogen-bond donors (Lipinski definition) is 2. The molecule has 0 saturated carbocycles. The van der Waals surface area contributed by atoms with Gasteiger partial charge in [0, 0.05) is 51.3 Å². The molecule has 1 atom stereocenters. The van der Waals surface area contributed by atoms with E-state index < -0.39 is 17.6 Å². The molecular formula is C24H31N5O6. The lowest BCUT2D eigenvalue weighted by Crippen LogP contribution is -2.53. The molecule has 0 radical (unpaired) electrons. The number of carbonyl (C=O) groups is 5. The number of imide groups is 1. The second-order valence-corrected chi connectivity index (χ2v) is 10.0. The third kappa shape index (κ3) is 5.55. The number of nitrogens with zero attached hydrogens (tertiary/aromatic N) is 3. The van der Waals surface area contributed by atoms with Crippen molar-refractivity contribution in [1.82, 2.24) is 25.3 Å². The molecule has 2 N–H and O–H groups in total. The lowest BCUT2D eigenvalue weighted by atomic mass is 10.0. The van der Waals surface area contributed by atoms with Crippen molar-refractivity contribution in [1.29, 1.82) is 0 Å². The second kappa shape index (κ2) is 9.55. The molecule has 11 nitrogen and oxygen atoms in total. The lowest BCUT2D eigenvalue weighted by Gasteiger charge is -2.35. The van der Waals surface area contributed by atoms with Crippen molar-refractivity contribution in [3.63, 3.8) is 0 Å². The minimum absolute atomic E-state index is 0.208. The second-order valence-electron chi connectivity index (χ2n) is 10.0. The molecule has 2 fully saturated rings. The highest BCUT2D eigenvalue weighted by atomic mass is 16.6. The summed E-state index contributed by atoms with van der Waals surface area (Å²) in [6.07, 6.45) is 0.144. The van der Waals surface area contributed by atoms with Crippen molar-refractivity contribution in [2.45, 2.75) is 58.3 Å². The zero-order valence-corrected chi connectivity index (χ0v) is 20.3. The van der Waals surface area contributed by atoms with Gasteiger partial charge in [-0.15, -0.1) is 0 Å². The van der Waals surface area contributed by atoms with Crippen LogP contribution in [0.25, 0.3) is 0 Å². The Kier molecular flexibility index (Phi) is 6.68. The summed E-state index contributed by atoms with van der Waals surface area (Å²) in [7, 11) is 0. The lowest BCUT2D eigenvalue weighted by molar-refractivity contribution is -0.136. The van der Waals surface area contributed by atoms with Crippen LogP contribution in [0.3, 0.4) is 0 Å². The van der Waals surface area contributed by atoms with Gasteiger partial charge in [0.25, 0.3) is 5.91 Å². The van der Waals surface area contributed by atoms with Crippen LogP contribution in [0.2, 0.25) is 0 Å². The number of carbonyl (C=O) groups excluding carboxylic acids is 5. The summed E-state index contributed by atoms with van der Waals surface area (Å²) in [4.78, 5) is 66.0. The van der Waals surface area contributed by atoms with Crippen molar-refractivity contribution in [3.8, 4) is 0 Å². The normalized spacial score (nSPS) is 20.5. The smallest absolute Gasteiger partial charge is 0.410 e. The predicted molar refractivity (Wildman–Crippen MR) is 124 cm³/mol. The summed E-state index contributed by atoms with van der Waals surface area (Å²) >= 11 is 0. The van der Waals surface area contributed by atoms with Crippen LogP contribution >= 0.6 is 0 Å². The highest BCUT2D eigenvalue weighted by Crippen LogP contribution is 2.28. The number of urea groups is 1. The first-order valence-electron chi connectivity index (χ1n) is 11.8. The number of benzene rings is 1. The molecule has 3 aliphatic rings. The Morgan fingerprint density at radius 1 is 1.09 bits per heavy atom. The minimum Gasteiger partial charge on any atom is -0.444 e. The number of piperazine rings is 1. The first-order chi connectivity index (χ1) is 16.5. The van der Waals surface area contributed by atoms with Crippen LogP contribution in [0.4, 0.5) is 9.59 Å². The summed E-state index contributed by atoms with van der Waals surface area (Å²) in [5, 5.41) is 5.19. The van der Waals surface area contributed by atoms with Gasteiger partial charge in [-0.2, -0.15) is 0 Å². The van der Waals surface area contributed by atoms with E-state index in [1.165, 1.54) is 4.90 Å². The molecule has 0 spiro atoms. The third-order valence-electron chi connectivity index (χ3n) is 6.25. The van der Waals surface area contributed by atoms with Crippen LogP contribution in [-0.4, -0.2) is 82.4 Å². The largest absolute Gasteiger partial charge is 0.444 e. The summed E-state index contributed by atoms with van der Waals surface area (Å²) in [5.74, 6) is -0.991.